The smallest absolute Gasteiger partial charge is 0.247 e. The summed E-state index contributed by atoms with van der Waals surface area (Å²) in [5, 5.41) is 0. The van der Waals surface area contributed by atoms with Gasteiger partial charge in [-0.2, -0.15) is 0 Å². The number of benzene rings is 1. The van der Waals surface area contributed by atoms with E-state index in [1.54, 1.807) is 4.90 Å². The molecule has 0 radical (unpaired) electrons. The maximum absolute atomic E-state index is 13.2. The molecule has 1 aromatic carbocycles. The number of hydrogen-bond acceptors (Lipinski definition) is 4. The van der Waals surface area contributed by atoms with Crippen molar-refractivity contribution in [3.63, 3.8) is 0 Å². The third-order valence-corrected chi connectivity index (χ3v) is 6.01. The first kappa shape index (κ1) is 22.5. The minimum Gasteiger partial charge on any atom is -0.376 e. The molecule has 1 amide bonds. The maximum atomic E-state index is 13.2. The second-order valence-corrected chi connectivity index (χ2v) is 9.10. The molecule has 30 heavy (non-hydrogen) atoms. The van der Waals surface area contributed by atoms with Crippen LogP contribution in [0.15, 0.2) is 28.7 Å². The summed E-state index contributed by atoms with van der Waals surface area (Å²) in [6, 6.07) is 8.26. The summed E-state index contributed by atoms with van der Waals surface area (Å²) in [5.41, 5.74) is 4.76. The molecule has 0 saturated carbocycles. The lowest BCUT2D eigenvalue weighted by atomic mass is 10.0. The zero-order valence-corrected chi connectivity index (χ0v) is 20.0. The van der Waals surface area contributed by atoms with E-state index in [1.807, 2.05) is 36.9 Å². The van der Waals surface area contributed by atoms with Crippen LogP contribution in [0.2, 0.25) is 0 Å². The second kappa shape index (κ2) is 9.33. The van der Waals surface area contributed by atoms with Crippen LogP contribution in [0.4, 0.5) is 27.3 Å². The Bertz CT molecular complexity index is 932. The lowest BCUT2D eigenvalue weighted by Crippen LogP contribution is -2.45. The number of amides is 1. The van der Waals surface area contributed by atoms with Crippen molar-refractivity contribution in [2.75, 3.05) is 48.6 Å². The number of pyridine rings is 1. The van der Waals surface area contributed by atoms with Crippen molar-refractivity contribution in [3.05, 3.63) is 40.0 Å². The van der Waals surface area contributed by atoms with Crippen LogP contribution in [0, 0.1) is 6.92 Å². The molecule has 0 N–H and O–H groups in total. The third-order valence-electron chi connectivity index (χ3n) is 5.38. The Hall–Kier alpha value is -2.15. The molecular formula is C23H30BrFN4O. The number of aryl methyl sites for hydroxylation is 1. The zero-order chi connectivity index (χ0) is 22.0. The van der Waals surface area contributed by atoms with Gasteiger partial charge in [-0.05, 0) is 65.4 Å². The number of hydrogen-bond donors (Lipinski definition) is 0. The van der Waals surface area contributed by atoms with E-state index in [0.717, 1.165) is 33.0 Å². The fraction of sp³-hybridized carbons (Fsp3) is 0.478. The van der Waals surface area contributed by atoms with E-state index in [9.17, 15) is 9.18 Å². The molecule has 1 aliphatic heterocycles. The topological polar surface area (TPSA) is 39.7 Å². The largest absolute Gasteiger partial charge is 0.376 e. The van der Waals surface area contributed by atoms with Crippen molar-refractivity contribution in [2.24, 2.45) is 0 Å². The van der Waals surface area contributed by atoms with Crippen molar-refractivity contribution >= 4 is 44.7 Å². The van der Waals surface area contributed by atoms with Gasteiger partial charge in [-0.15, -0.1) is 0 Å². The van der Waals surface area contributed by atoms with E-state index < -0.39 is 0 Å². The highest BCUT2D eigenvalue weighted by Gasteiger charge is 2.34. The van der Waals surface area contributed by atoms with Crippen LogP contribution in [0.5, 0.6) is 0 Å². The normalized spacial score (nSPS) is 13.8. The van der Waals surface area contributed by atoms with Crippen molar-refractivity contribution in [1.82, 2.24) is 4.98 Å². The van der Waals surface area contributed by atoms with Crippen LogP contribution in [0.1, 0.15) is 43.9 Å². The highest BCUT2D eigenvalue weighted by Crippen LogP contribution is 2.45. The lowest BCUT2D eigenvalue weighted by molar-refractivity contribution is -0.117. The summed E-state index contributed by atoms with van der Waals surface area (Å²) >= 11 is 3.71. The summed E-state index contributed by atoms with van der Waals surface area (Å²) < 4.78 is 13.6. The summed E-state index contributed by atoms with van der Waals surface area (Å²) in [4.78, 5) is 23.8. The number of carbonyl (C=O) groups excluding carboxylic acids is 1. The van der Waals surface area contributed by atoms with Gasteiger partial charge in [-0.1, -0.05) is 19.9 Å². The van der Waals surface area contributed by atoms with Gasteiger partial charge in [0.25, 0.3) is 0 Å². The number of halogens is 2. The Kier molecular flexibility index (Phi) is 7.01. The number of unbranched alkanes of at least 4 members (excludes halogenated alkanes) is 1. The van der Waals surface area contributed by atoms with Crippen LogP contribution in [-0.2, 0) is 4.79 Å². The number of carbonyl (C=O) groups is 1. The van der Waals surface area contributed by atoms with E-state index >= 15 is 0 Å². The van der Waals surface area contributed by atoms with Crippen LogP contribution >= 0.6 is 15.9 Å². The van der Waals surface area contributed by atoms with Crippen LogP contribution in [-0.4, -0.2) is 44.8 Å². The van der Waals surface area contributed by atoms with Gasteiger partial charge < -0.3 is 14.7 Å². The fourth-order valence-electron chi connectivity index (χ4n) is 3.74. The van der Waals surface area contributed by atoms with Crippen molar-refractivity contribution < 1.29 is 9.18 Å². The fourth-order valence-corrected chi connectivity index (χ4v) is 4.35. The molecule has 0 spiro atoms. The van der Waals surface area contributed by atoms with Crippen molar-refractivity contribution in [1.29, 1.82) is 0 Å². The number of fused-ring (bicyclic) bond motifs is 1. The maximum Gasteiger partial charge on any atom is 0.247 e. The standard InChI is InChI=1S/C23H30BrFN4O/c1-15(2)17-8-9-19(18(24)13-17)29-14-21(30)28(11-7-6-10-25)22-20(27(4)5)12-16(3)26-23(22)29/h8-9,12-13,15H,6-7,10-11,14H2,1-5H3. The van der Waals surface area contributed by atoms with E-state index in [-0.39, 0.29) is 19.1 Å². The van der Waals surface area contributed by atoms with E-state index in [4.69, 9.17) is 4.98 Å². The number of nitrogens with zero attached hydrogens (tertiary/aromatic N) is 4. The van der Waals surface area contributed by atoms with Crippen LogP contribution in [0.3, 0.4) is 0 Å². The first-order valence-electron chi connectivity index (χ1n) is 10.4. The molecule has 162 valence electrons. The Morgan fingerprint density at radius 3 is 2.57 bits per heavy atom. The van der Waals surface area contributed by atoms with Gasteiger partial charge in [-0.25, -0.2) is 4.98 Å². The van der Waals surface area contributed by atoms with Gasteiger partial charge >= 0.3 is 0 Å². The lowest BCUT2D eigenvalue weighted by Gasteiger charge is -2.39. The predicted molar refractivity (Wildman–Crippen MR) is 126 cm³/mol. The monoisotopic (exact) mass is 476 g/mol. The van der Waals surface area contributed by atoms with E-state index in [1.165, 1.54) is 5.56 Å². The summed E-state index contributed by atoms with van der Waals surface area (Å²) in [6.45, 7) is 6.60. The molecule has 2 heterocycles. The minimum atomic E-state index is -0.372. The number of alkyl halides is 1. The molecule has 0 saturated heterocycles. The molecule has 0 bridgehead atoms. The molecule has 0 unspecified atom stereocenters. The molecule has 2 aromatic rings. The molecule has 0 atom stereocenters. The van der Waals surface area contributed by atoms with Gasteiger partial charge in [-0.3, -0.25) is 9.18 Å². The summed E-state index contributed by atoms with van der Waals surface area (Å²) in [6.07, 6.45) is 1.07. The van der Waals surface area contributed by atoms with Gasteiger partial charge in [0.15, 0.2) is 5.82 Å². The van der Waals surface area contributed by atoms with Crippen LogP contribution < -0.4 is 14.7 Å². The Morgan fingerprint density at radius 2 is 1.97 bits per heavy atom. The average molecular weight is 477 g/mol. The van der Waals surface area contributed by atoms with Crippen molar-refractivity contribution in [3.8, 4) is 0 Å². The van der Waals surface area contributed by atoms with Crippen molar-refractivity contribution in [2.45, 2.75) is 39.5 Å². The zero-order valence-electron chi connectivity index (χ0n) is 18.4. The number of anilines is 4. The molecule has 1 aromatic heterocycles. The second-order valence-electron chi connectivity index (χ2n) is 8.24. The quantitative estimate of drug-likeness (QED) is 0.489. The highest BCUT2D eigenvalue weighted by atomic mass is 79.9. The van der Waals surface area contributed by atoms with Gasteiger partial charge in [0, 0.05) is 30.8 Å². The Morgan fingerprint density at radius 1 is 1.23 bits per heavy atom. The molecule has 0 aliphatic carbocycles. The van der Waals surface area contributed by atoms with Gasteiger partial charge in [0.05, 0.1) is 18.0 Å². The molecule has 5 nitrogen and oxygen atoms in total. The first-order valence-corrected chi connectivity index (χ1v) is 11.2. The minimum absolute atomic E-state index is 0.00468. The predicted octanol–water partition coefficient (Wildman–Crippen LogP) is 5.58. The molecule has 0 fully saturated rings. The number of rotatable bonds is 7. The van der Waals surface area contributed by atoms with E-state index in [2.05, 4.69) is 48.0 Å². The van der Waals surface area contributed by atoms with Gasteiger partial charge in [0.2, 0.25) is 5.91 Å². The molecular weight excluding hydrogens is 447 g/mol. The number of aromatic nitrogens is 1. The highest BCUT2D eigenvalue weighted by molar-refractivity contribution is 9.10. The molecule has 3 rings (SSSR count). The summed E-state index contributed by atoms with van der Waals surface area (Å²) in [7, 11) is 3.93. The molecule has 1 aliphatic rings. The Balaban J connectivity index is 2.14. The Labute approximate surface area is 187 Å². The average Bonchev–Trinajstić information content (AvgIpc) is 2.68. The van der Waals surface area contributed by atoms with E-state index in [0.29, 0.717) is 25.3 Å². The SMILES string of the molecule is Cc1cc(N(C)C)c2c(n1)N(c1ccc(C(C)C)cc1Br)CC(=O)N2CCCCF. The van der Waals surface area contributed by atoms with Crippen LogP contribution in [0.25, 0.3) is 0 Å². The molecule has 7 heteroatoms. The summed E-state index contributed by atoms with van der Waals surface area (Å²) in [5.74, 6) is 1.17. The third kappa shape index (κ3) is 4.46. The first-order chi connectivity index (χ1) is 14.2. The van der Waals surface area contributed by atoms with Gasteiger partial charge in [0.1, 0.15) is 12.2 Å².